The van der Waals surface area contributed by atoms with Crippen LogP contribution in [0.1, 0.15) is 32.6 Å². The first-order valence-electron chi connectivity index (χ1n) is 8.99. The van der Waals surface area contributed by atoms with Gasteiger partial charge >= 0.3 is 0 Å². The molecule has 1 heterocycles. The second-order valence-electron chi connectivity index (χ2n) is 6.92. The van der Waals surface area contributed by atoms with Gasteiger partial charge in [0.1, 0.15) is 0 Å². The molecule has 0 unspecified atom stereocenters. The highest BCUT2D eigenvalue weighted by Crippen LogP contribution is 2.19. The standard InChI is InChI=1S/C22H24N2O3/c1-14-5-4-6-18(11-14)22(27)24(9-10-25)13-19-12-17-8-7-15(2)16(3)20(17)23-21(19)26/h4-8,11-12,25H,9-10,13H2,1-3H3,(H,23,26). The number of aliphatic hydroxyl groups excluding tert-OH is 1. The van der Waals surface area contributed by atoms with E-state index in [1.54, 1.807) is 6.07 Å². The molecule has 140 valence electrons. The van der Waals surface area contributed by atoms with Crippen LogP contribution in [0.5, 0.6) is 0 Å². The molecule has 0 spiro atoms. The lowest BCUT2D eigenvalue weighted by atomic mass is 10.0. The molecule has 0 atom stereocenters. The minimum atomic E-state index is -0.212. The number of benzene rings is 2. The third-order valence-electron chi connectivity index (χ3n) is 4.91. The number of aromatic amines is 1. The zero-order valence-electron chi connectivity index (χ0n) is 15.9. The van der Waals surface area contributed by atoms with E-state index in [1.165, 1.54) is 4.90 Å². The number of carbonyl (C=O) groups is 1. The molecule has 3 aromatic rings. The first-order valence-corrected chi connectivity index (χ1v) is 8.99. The SMILES string of the molecule is Cc1cccc(C(=O)N(CCO)Cc2cc3ccc(C)c(C)c3[nH]c2=O)c1. The van der Waals surface area contributed by atoms with E-state index in [0.717, 1.165) is 27.6 Å². The van der Waals surface area contributed by atoms with E-state index in [4.69, 9.17) is 0 Å². The summed E-state index contributed by atoms with van der Waals surface area (Å²) in [6.45, 7) is 6.05. The van der Waals surface area contributed by atoms with E-state index in [2.05, 4.69) is 4.98 Å². The number of rotatable bonds is 5. The van der Waals surface area contributed by atoms with Crippen molar-refractivity contribution in [3.8, 4) is 0 Å². The van der Waals surface area contributed by atoms with Crippen LogP contribution in [-0.4, -0.2) is 34.0 Å². The highest BCUT2D eigenvalue weighted by Gasteiger charge is 2.18. The van der Waals surface area contributed by atoms with Crippen molar-refractivity contribution in [1.29, 1.82) is 0 Å². The third-order valence-corrected chi connectivity index (χ3v) is 4.91. The van der Waals surface area contributed by atoms with Gasteiger partial charge in [0, 0.05) is 17.7 Å². The van der Waals surface area contributed by atoms with Gasteiger partial charge in [0.25, 0.3) is 11.5 Å². The zero-order valence-corrected chi connectivity index (χ0v) is 15.9. The average Bonchev–Trinajstić information content (AvgIpc) is 2.65. The Hall–Kier alpha value is -2.92. The summed E-state index contributed by atoms with van der Waals surface area (Å²) in [6.07, 6.45) is 0. The molecule has 0 saturated heterocycles. The largest absolute Gasteiger partial charge is 0.395 e. The summed E-state index contributed by atoms with van der Waals surface area (Å²) in [6, 6.07) is 13.1. The van der Waals surface area contributed by atoms with Gasteiger partial charge < -0.3 is 15.0 Å². The molecular formula is C22H24N2O3. The Kier molecular flexibility index (Phi) is 5.42. The molecule has 0 bridgehead atoms. The minimum absolute atomic E-state index is 0.144. The number of hydrogen-bond acceptors (Lipinski definition) is 3. The fourth-order valence-electron chi connectivity index (χ4n) is 3.23. The maximum absolute atomic E-state index is 12.9. The normalized spacial score (nSPS) is 11.0. The van der Waals surface area contributed by atoms with Crippen LogP contribution in [0.4, 0.5) is 0 Å². The number of H-pyrrole nitrogens is 1. The molecule has 5 heteroatoms. The second kappa shape index (κ2) is 7.76. The highest BCUT2D eigenvalue weighted by atomic mass is 16.3. The van der Waals surface area contributed by atoms with Gasteiger partial charge in [-0.15, -0.1) is 0 Å². The number of aromatic nitrogens is 1. The molecule has 3 rings (SSSR count). The predicted molar refractivity (Wildman–Crippen MR) is 107 cm³/mol. The molecule has 0 fully saturated rings. The molecule has 0 radical (unpaired) electrons. The number of pyridine rings is 1. The quantitative estimate of drug-likeness (QED) is 0.731. The summed E-state index contributed by atoms with van der Waals surface area (Å²) in [7, 11) is 0. The second-order valence-corrected chi connectivity index (χ2v) is 6.92. The lowest BCUT2D eigenvalue weighted by Gasteiger charge is -2.22. The number of hydrogen-bond donors (Lipinski definition) is 2. The average molecular weight is 364 g/mol. The van der Waals surface area contributed by atoms with E-state index >= 15 is 0 Å². The summed E-state index contributed by atoms with van der Waals surface area (Å²) in [5.41, 5.74) is 4.80. The molecule has 2 aromatic carbocycles. The Labute approximate surface area is 158 Å². The van der Waals surface area contributed by atoms with Crippen molar-refractivity contribution in [2.45, 2.75) is 27.3 Å². The van der Waals surface area contributed by atoms with Crippen molar-refractivity contribution in [1.82, 2.24) is 9.88 Å². The number of fused-ring (bicyclic) bond motifs is 1. The van der Waals surface area contributed by atoms with Crippen molar-refractivity contribution in [3.63, 3.8) is 0 Å². The lowest BCUT2D eigenvalue weighted by Crippen LogP contribution is -2.35. The van der Waals surface area contributed by atoms with Gasteiger partial charge in [-0.1, -0.05) is 29.8 Å². The van der Waals surface area contributed by atoms with Crippen LogP contribution in [0.3, 0.4) is 0 Å². The van der Waals surface area contributed by atoms with Crippen LogP contribution in [0, 0.1) is 20.8 Å². The monoisotopic (exact) mass is 364 g/mol. The van der Waals surface area contributed by atoms with Crippen LogP contribution in [0.2, 0.25) is 0 Å². The number of nitrogens with zero attached hydrogens (tertiary/aromatic N) is 1. The Morgan fingerprint density at radius 3 is 2.59 bits per heavy atom. The Morgan fingerprint density at radius 1 is 1.11 bits per heavy atom. The van der Waals surface area contributed by atoms with Gasteiger partial charge in [0.05, 0.1) is 18.7 Å². The van der Waals surface area contributed by atoms with Crippen molar-refractivity contribution >= 4 is 16.8 Å². The Morgan fingerprint density at radius 2 is 1.89 bits per heavy atom. The van der Waals surface area contributed by atoms with E-state index < -0.39 is 0 Å². The number of aryl methyl sites for hydroxylation is 3. The Balaban J connectivity index is 1.97. The van der Waals surface area contributed by atoms with Gasteiger partial charge in [0.15, 0.2) is 0 Å². The molecule has 1 amide bonds. The van der Waals surface area contributed by atoms with E-state index in [0.29, 0.717) is 11.1 Å². The Bertz CT molecular complexity index is 1050. The number of amides is 1. The predicted octanol–water partition coefficient (Wildman–Crippen LogP) is 3.09. The fourth-order valence-corrected chi connectivity index (χ4v) is 3.23. The van der Waals surface area contributed by atoms with Gasteiger partial charge in [0.2, 0.25) is 0 Å². The topological polar surface area (TPSA) is 73.4 Å². The molecule has 0 saturated carbocycles. The summed E-state index contributed by atoms with van der Waals surface area (Å²) in [4.78, 5) is 29.9. The summed E-state index contributed by atoms with van der Waals surface area (Å²) < 4.78 is 0. The summed E-state index contributed by atoms with van der Waals surface area (Å²) in [5, 5.41) is 10.3. The lowest BCUT2D eigenvalue weighted by molar-refractivity contribution is 0.0707. The van der Waals surface area contributed by atoms with Gasteiger partial charge in [-0.3, -0.25) is 9.59 Å². The molecular weight excluding hydrogens is 340 g/mol. The molecule has 0 aliphatic heterocycles. The van der Waals surface area contributed by atoms with Crippen molar-refractivity contribution < 1.29 is 9.90 Å². The summed E-state index contributed by atoms with van der Waals surface area (Å²) >= 11 is 0. The minimum Gasteiger partial charge on any atom is -0.395 e. The highest BCUT2D eigenvalue weighted by molar-refractivity contribution is 5.94. The van der Waals surface area contributed by atoms with E-state index in [9.17, 15) is 14.7 Å². The van der Waals surface area contributed by atoms with Crippen LogP contribution in [0.25, 0.3) is 10.9 Å². The van der Waals surface area contributed by atoms with Crippen LogP contribution in [-0.2, 0) is 6.54 Å². The first-order chi connectivity index (χ1) is 12.9. The van der Waals surface area contributed by atoms with Crippen LogP contribution in [0.15, 0.2) is 47.3 Å². The molecule has 5 nitrogen and oxygen atoms in total. The smallest absolute Gasteiger partial charge is 0.254 e. The van der Waals surface area contributed by atoms with Crippen LogP contribution < -0.4 is 5.56 Å². The fraction of sp³-hybridized carbons (Fsp3) is 0.273. The number of carbonyl (C=O) groups excluding carboxylic acids is 1. The van der Waals surface area contributed by atoms with E-state index in [-0.39, 0.29) is 31.2 Å². The molecule has 27 heavy (non-hydrogen) atoms. The van der Waals surface area contributed by atoms with Crippen molar-refractivity contribution in [2.24, 2.45) is 0 Å². The van der Waals surface area contributed by atoms with Crippen LogP contribution >= 0.6 is 0 Å². The number of aliphatic hydroxyl groups is 1. The van der Waals surface area contributed by atoms with E-state index in [1.807, 2.05) is 57.2 Å². The number of nitrogens with one attached hydrogen (secondary N) is 1. The molecule has 1 aromatic heterocycles. The molecule has 0 aliphatic rings. The summed E-state index contributed by atoms with van der Waals surface area (Å²) in [5.74, 6) is -0.202. The maximum atomic E-state index is 12.9. The van der Waals surface area contributed by atoms with Crippen molar-refractivity contribution in [2.75, 3.05) is 13.2 Å². The zero-order chi connectivity index (χ0) is 19.6. The van der Waals surface area contributed by atoms with Crippen molar-refractivity contribution in [3.05, 3.63) is 80.6 Å². The molecule has 2 N–H and O–H groups in total. The van der Waals surface area contributed by atoms with Gasteiger partial charge in [-0.2, -0.15) is 0 Å². The first kappa shape index (κ1) is 18.9. The maximum Gasteiger partial charge on any atom is 0.254 e. The molecule has 0 aliphatic carbocycles. The van der Waals surface area contributed by atoms with Gasteiger partial charge in [-0.05, 0) is 55.5 Å². The van der Waals surface area contributed by atoms with Gasteiger partial charge in [-0.25, -0.2) is 0 Å². The third kappa shape index (κ3) is 3.93.